The second-order valence-electron chi connectivity index (χ2n) is 5.34. The van der Waals surface area contributed by atoms with Crippen LogP contribution in [-0.2, 0) is 13.7 Å². The number of hydrogen-bond acceptors (Lipinski definition) is 2. The van der Waals surface area contributed by atoms with E-state index in [-0.39, 0.29) is 0 Å². The van der Waals surface area contributed by atoms with E-state index in [0.29, 0.717) is 12.2 Å². The minimum atomic E-state index is -0.914. The molecule has 0 aliphatic heterocycles. The predicted octanol–water partition coefficient (Wildman–Crippen LogP) is 3.76. The molecule has 0 unspecified atom stereocenters. The lowest BCUT2D eigenvalue weighted by molar-refractivity contribution is 0.0699. The van der Waals surface area contributed by atoms with Crippen LogP contribution >= 0.6 is 0 Å². The molecule has 0 amide bonds. The average Bonchev–Trinajstić information content (AvgIpc) is 2.82. The molecular formula is C18H17NO3. The Morgan fingerprint density at radius 1 is 1.18 bits per heavy atom. The zero-order valence-corrected chi connectivity index (χ0v) is 12.5. The number of aryl methyl sites for hydroxylation is 2. The first-order chi connectivity index (χ1) is 10.6. The Kier molecular flexibility index (Phi) is 3.59. The number of fused-ring (bicyclic) bond motifs is 1. The van der Waals surface area contributed by atoms with E-state index in [0.717, 1.165) is 27.9 Å². The van der Waals surface area contributed by atoms with Crippen molar-refractivity contribution in [2.45, 2.75) is 13.5 Å². The summed E-state index contributed by atoms with van der Waals surface area (Å²) in [5.41, 5.74) is 3.28. The second kappa shape index (κ2) is 5.56. The number of carboxylic acid groups (broad SMARTS) is 1. The number of nitrogens with zero attached hydrogens (tertiary/aromatic N) is 1. The molecule has 2 aromatic carbocycles. The molecule has 1 aromatic heterocycles. The highest BCUT2D eigenvalue weighted by molar-refractivity contribution is 6.03. The molecule has 3 aromatic rings. The summed E-state index contributed by atoms with van der Waals surface area (Å²) < 4.78 is 7.79. The van der Waals surface area contributed by atoms with E-state index in [1.807, 2.05) is 54.9 Å². The van der Waals surface area contributed by atoms with Crippen molar-refractivity contribution < 1.29 is 14.6 Å². The highest BCUT2D eigenvalue weighted by Gasteiger charge is 2.13. The van der Waals surface area contributed by atoms with Gasteiger partial charge in [0.05, 0.1) is 11.3 Å². The molecule has 0 bridgehead atoms. The van der Waals surface area contributed by atoms with Gasteiger partial charge in [0.1, 0.15) is 12.4 Å². The number of aromatic nitrogens is 1. The van der Waals surface area contributed by atoms with Crippen molar-refractivity contribution >= 4 is 16.9 Å². The fourth-order valence-electron chi connectivity index (χ4n) is 2.60. The molecule has 0 fully saturated rings. The van der Waals surface area contributed by atoms with Crippen LogP contribution in [0.1, 0.15) is 21.6 Å². The van der Waals surface area contributed by atoms with Gasteiger partial charge < -0.3 is 14.4 Å². The number of ether oxygens (including phenoxy) is 1. The van der Waals surface area contributed by atoms with Gasteiger partial charge in [-0.15, -0.1) is 0 Å². The summed E-state index contributed by atoms with van der Waals surface area (Å²) in [7, 11) is 1.92. The van der Waals surface area contributed by atoms with Crippen LogP contribution in [0, 0.1) is 6.92 Å². The molecule has 112 valence electrons. The van der Waals surface area contributed by atoms with E-state index in [1.54, 1.807) is 12.1 Å². The highest BCUT2D eigenvalue weighted by Crippen LogP contribution is 2.24. The molecule has 22 heavy (non-hydrogen) atoms. The highest BCUT2D eigenvalue weighted by atomic mass is 16.5. The van der Waals surface area contributed by atoms with Gasteiger partial charge in [-0.3, -0.25) is 0 Å². The van der Waals surface area contributed by atoms with Gasteiger partial charge in [-0.2, -0.15) is 0 Å². The third-order valence-electron chi connectivity index (χ3n) is 3.79. The number of carbonyl (C=O) groups is 1. The summed E-state index contributed by atoms with van der Waals surface area (Å²) in [6.45, 7) is 2.41. The molecule has 1 N–H and O–H groups in total. The van der Waals surface area contributed by atoms with Crippen molar-refractivity contribution in [1.29, 1.82) is 0 Å². The van der Waals surface area contributed by atoms with E-state index in [1.165, 1.54) is 0 Å². The van der Waals surface area contributed by atoms with Crippen LogP contribution in [0.3, 0.4) is 0 Å². The topological polar surface area (TPSA) is 51.5 Å². The number of carboxylic acids is 1. The Morgan fingerprint density at radius 3 is 2.68 bits per heavy atom. The fraction of sp³-hybridized carbons (Fsp3) is 0.167. The molecule has 0 radical (unpaired) electrons. The van der Waals surface area contributed by atoms with E-state index in [2.05, 4.69) is 0 Å². The van der Waals surface area contributed by atoms with Gasteiger partial charge in [0.2, 0.25) is 0 Å². The molecule has 0 atom stereocenters. The van der Waals surface area contributed by atoms with Crippen molar-refractivity contribution in [3.63, 3.8) is 0 Å². The van der Waals surface area contributed by atoms with Gasteiger partial charge in [0.25, 0.3) is 0 Å². The molecule has 0 saturated carbocycles. The van der Waals surface area contributed by atoms with E-state index in [9.17, 15) is 9.90 Å². The van der Waals surface area contributed by atoms with Gasteiger partial charge in [-0.1, -0.05) is 18.2 Å². The third kappa shape index (κ3) is 2.55. The summed E-state index contributed by atoms with van der Waals surface area (Å²) >= 11 is 0. The molecule has 4 heteroatoms. The van der Waals surface area contributed by atoms with Crippen molar-refractivity contribution in [2.24, 2.45) is 7.05 Å². The van der Waals surface area contributed by atoms with E-state index in [4.69, 9.17) is 4.74 Å². The SMILES string of the molecule is Cc1cccc(OCc2cc3c(C(=O)O)cccc3n2C)c1. The maximum Gasteiger partial charge on any atom is 0.336 e. The number of aromatic carboxylic acids is 1. The number of rotatable bonds is 4. The fourth-order valence-corrected chi connectivity index (χ4v) is 2.60. The first kappa shape index (κ1) is 14.2. The number of benzene rings is 2. The average molecular weight is 295 g/mol. The van der Waals surface area contributed by atoms with Crippen molar-refractivity contribution in [3.05, 3.63) is 65.4 Å². The molecule has 0 spiro atoms. The summed E-state index contributed by atoms with van der Waals surface area (Å²) in [6, 6.07) is 15.0. The van der Waals surface area contributed by atoms with Crippen LogP contribution in [-0.4, -0.2) is 15.6 Å². The van der Waals surface area contributed by atoms with Crippen LogP contribution < -0.4 is 4.74 Å². The Balaban J connectivity index is 1.93. The Labute approximate surface area is 128 Å². The van der Waals surface area contributed by atoms with Gasteiger partial charge in [0.15, 0.2) is 0 Å². The second-order valence-corrected chi connectivity index (χ2v) is 5.34. The molecule has 0 saturated heterocycles. The van der Waals surface area contributed by atoms with E-state index < -0.39 is 5.97 Å². The quantitative estimate of drug-likeness (QED) is 0.797. The molecule has 3 rings (SSSR count). The Morgan fingerprint density at radius 2 is 1.95 bits per heavy atom. The van der Waals surface area contributed by atoms with Gasteiger partial charge >= 0.3 is 5.97 Å². The standard InChI is InChI=1S/C18H17NO3/c1-12-5-3-6-14(9-12)22-11-13-10-16-15(18(20)21)7-4-8-17(16)19(13)2/h3-10H,11H2,1-2H3,(H,20,21). The number of hydrogen-bond donors (Lipinski definition) is 1. The third-order valence-corrected chi connectivity index (χ3v) is 3.79. The lowest BCUT2D eigenvalue weighted by atomic mass is 10.1. The van der Waals surface area contributed by atoms with Crippen LogP contribution in [0.15, 0.2) is 48.5 Å². The molecule has 1 heterocycles. The lowest BCUT2D eigenvalue weighted by Gasteiger charge is -2.08. The van der Waals surface area contributed by atoms with Gasteiger partial charge in [-0.25, -0.2) is 4.79 Å². The maximum atomic E-state index is 11.3. The van der Waals surface area contributed by atoms with Crippen LogP contribution in [0.4, 0.5) is 0 Å². The Bertz CT molecular complexity index is 849. The zero-order chi connectivity index (χ0) is 15.7. The summed E-state index contributed by atoms with van der Waals surface area (Å²) in [6.07, 6.45) is 0. The summed E-state index contributed by atoms with van der Waals surface area (Å²) in [5.74, 6) is -0.105. The molecular weight excluding hydrogens is 278 g/mol. The summed E-state index contributed by atoms with van der Waals surface area (Å²) in [5, 5.41) is 10.0. The van der Waals surface area contributed by atoms with E-state index >= 15 is 0 Å². The normalized spacial score (nSPS) is 10.8. The Hall–Kier alpha value is -2.75. The maximum absolute atomic E-state index is 11.3. The van der Waals surface area contributed by atoms with Crippen molar-refractivity contribution in [1.82, 2.24) is 4.57 Å². The monoisotopic (exact) mass is 295 g/mol. The predicted molar refractivity (Wildman–Crippen MR) is 85.4 cm³/mol. The molecule has 4 nitrogen and oxygen atoms in total. The molecule has 0 aliphatic rings. The minimum Gasteiger partial charge on any atom is -0.487 e. The first-order valence-electron chi connectivity index (χ1n) is 7.06. The first-order valence-corrected chi connectivity index (χ1v) is 7.06. The summed E-state index contributed by atoms with van der Waals surface area (Å²) in [4.78, 5) is 11.3. The zero-order valence-electron chi connectivity index (χ0n) is 12.5. The lowest BCUT2D eigenvalue weighted by Crippen LogP contribution is -2.01. The van der Waals surface area contributed by atoms with Crippen LogP contribution in [0.25, 0.3) is 10.9 Å². The minimum absolute atomic E-state index is 0.315. The largest absolute Gasteiger partial charge is 0.487 e. The van der Waals surface area contributed by atoms with Gasteiger partial charge in [-0.05, 0) is 42.8 Å². The van der Waals surface area contributed by atoms with Crippen molar-refractivity contribution in [3.8, 4) is 5.75 Å². The van der Waals surface area contributed by atoms with Crippen LogP contribution in [0.2, 0.25) is 0 Å². The smallest absolute Gasteiger partial charge is 0.336 e. The van der Waals surface area contributed by atoms with Crippen LogP contribution in [0.5, 0.6) is 5.75 Å². The van der Waals surface area contributed by atoms with Gasteiger partial charge in [0, 0.05) is 18.0 Å². The molecule has 0 aliphatic carbocycles. The van der Waals surface area contributed by atoms with Crippen molar-refractivity contribution in [2.75, 3.05) is 0 Å².